The van der Waals surface area contributed by atoms with E-state index >= 15 is 0 Å². The van der Waals surface area contributed by atoms with Gasteiger partial charge in [-0.15, -0.1) is 5.10 Å². The van der Waals surface area contributed by atoms with Gasteiger partial charge in [0.2, 0.25) is 10.0 Å². The van der Waals surface area contributed by atoms with Gasteiger partial charge < -0.3 is 10.2 Å². The molecule has 0 aliphatic carbocycles. The summed E-state index contributed by atoms with van der Waals surface area (Å²) in [5.41, 5.74) is 2.10. The number of rotatable bonds is 5. The van der Waals surface area contributed by atoms with Gasteiger partial charge >= 0.3 is 0 Å². The second-order valence-corrected chi connectivity index (χ2v) is 8.38. The predicted molar refractivity (Wildman–Crippen MR) is 107 cm³/mol. The number of nitrogens with two attached hydrogens (primary N) is 1. The van der Waals surface area contributed by atoms with E-state index in [2.05, 4.69) is 20.5 Å². The van der Waals surface area contributed by atoms with Crippen LogP contribution in [0.2, 0.25) is 0 Å². The molecule has 3 aromatic rings. The second-order valence-electron chi connectivity index (χ2n) is 6.85. The Morgan fingerprint density at radius 1 is 1.28 bits per heavy atom. The largest absolute Gasteiger partial charge is 0.365 e. The minimum absolute atomic E-state index is 0.0758. The van der Waals surface area contributed by atoms with Crippen molar-refractivity contribution in [3.8, 4) is 0 Å². The van der Waals surface area contributed by atoms with Gasteiger partial charge in [0.05, 0.1) is 11.1 Å². The average Bonchev–Trinajstić information content (AvgIpc) is 3.01. The molecule has 2 aromatic carbocycles. The molecule has 8 nitrogen and oxygen atoms in total. The molecule has 2 heterocycles. The van der Waals surface area contributed by atoms with E-state index in [1.165, 1.54) is 24.4 Å². The smallest absolute Gasteiger partial charge is 0.252 e. The van der Waals surface area contributed by atoms with Gasteiger partial charge in [-0.3, -0.25) is 0 Å². The third kappa shape index (κ3) is 3.89. The van der Waals surface area contributed by atoms with Crippen LogP contribution in [0.25, 0.3) is 0 Å². The number of sulfonamides is 1. The van der Waals surface area contributed by atoms with E-state index in [1.54, 1.807) is 18.2 Å². The first-order valence-corrected chi connectivity index (χ1v) is 10.5. The van der Waals surface area contributed by atoms with Crippen LogP contribution in [0.5, 0.6) is 0 Å². The first-order valence-electron chi connectivity index (χ1n) is 8.95. The summed E-state index contributed by atoms with van der Waals surface area (Å²) in [6, 6.07) is 11.1. The van der Waals surface area contributed by atoms with Crippen LogP contribution in [0.3, 0.4) is 0 Å². The summed E-state index contributed by atoms with van der Waals surface area (Å²) in [4.78, 5) is 6.45. The van der Waals surface area contributed by atoms with Gasteiger partial charge in [-0.1, -0.05) is 18.2 Å². The number of primary sulfonamides is 1. The lowest BCUT2D eigenvalue weighted by Crippen LogP contribution is -2.26. The molecule has 1 aliphatic heterocycles. The number of anilines is 3. The molecule has 0 spiro atoms. The Morgan fingerprint density at radius 2 is 2.07 bits per heavy atom. The fourth-order valence-corrected chi connectivity index (χ4v) is 4.30. The maximum absolute atomic E-state index is 13.3. The zero-order valence-electron chi connectivity index (χ0n) is 15.6. The highest BCUT2D eigenvalue weighted by Crippen LogP contribution is 2.39. The maximum Gasteiger partial charge on any atom is 0.252 e. The van der Waals surface area contributed by atoms with E-state index in [9.17, 15) is 12.8 Å². The van der Waals surface area contributed by atoms with E-state index in [1.807, 2.05) is 17.9 Å². The van der Waals surface area contributed by atoms with Gasteiger partial charge in [-0.25, -0.2) is 17.9 Å². The van der Waals surface area contributed by atoms with E-state index in [-0.39, 0.29) is 16.8 Å². The minimum atomic E-state index is -3.83. The fraction of sp³-hybridized carbons (Fsp3) is 0.211. The lowest BCUT2D eigenvalue weighted by Gasteiger charge is -2.22. The van der Waals surface area contributed by atoms with Crippen LogP contribution in [0.4, 0.5) is 21.8 Å². The second kappa shape index (κ2) is 7.37. The monoisotopic (exact) mass is 414 g/mol. The van der Waals surface area contributed by atoms with E-state index < -0.39 is 10.0 Å². The lowest BCUT2D eigenvalue weighted by molar-refractivity contribution is 0.596. The lowest BCUT2D eigenvalue weighted by atomic mass is 10.1. The molecule has 0 amide bonds. The number of hydrogen-bond acceptors (Lipinski definition) is 7. The van der Waals surface area contributed by atoms with Crippen molar-refractivity contribution in [1.29, 1.82) is 0 Å². The third-order valence-corrected chi connectivity index (χ3v) is 5.74. The first kappa shape index (κ1) is 19.2. The van der Waals surface area contributed by atoms with E-state index in [4.69, 9.17) is 5.14 Å². The number of halogens is 1. The molecule has 29 heavy (non-hydrogen) atoms. The molecule has 0 bridgehead atoms. The van der Waals surface area contributed by atoms with Crippen molar-refractivity contribution in [3.63, 3.8) is 0 Å². The summed E-state index contributed by atoms with van der Waals surface area (Å²) >= 11 is 0. The molecular formula is C19H19FN6O2S. The van der Waals surface area contributed by atoms with Crippen molar-refractivity contribution in [2.45, 2.75) is 30.8 Å². The molecular weight excluding hydrogens is 395 g/mol. The van der Waals surface area contributed by atoms with Crippen LogP contribution < -0.4 is 15.4 Å². The van der Waals surface area contributed by atoms with Crippen LogP contribution in [-0.2, 0) is 23.0 Å². The number of hydrogen-bond donors (Lipinski definition) is 2. The quantitative estimate of drug-likeness (QED) is 0.659. The van der Waals surface area contributed by atoms with Gasteiger partial charge in [0.15, 0.2) is 5.82 Å². The van der Waals surface area contributed by atoms with Crippen LogP contribution in [-0.4, -0.2) is 29.6 Å². The molecule has 4 rings (SSSR count). The van der Waals surface area contributed by atoms with Crippen molar-refractivity contribution < 1.29 is 12.8 Å². The third-order valence-electron chi connectivity index (χ3n) is 4.74. The Labute approximate surface area is 167 Å². The summed E-state index contributed by atoms with van der Waals surface area (Å²) in [6.07, 6.45) is 1.97. The average molecular weight is 414 g/mol. The summed E-state index contributed by atoms with van der Waals surface area (Å²) < 4.78 is 37.2. The first-order chi connectivity index (χ1) is 13.8. The Morgan fingerprint density at radius 3 is 2.83 bits per heavy atom. The van der Waals surface area contributed by atoms with Gasteiger partial charge in [-0.2, -0.15) is 10.1 Å². The standard InChI is InChI=1S/C19H19FN6O2S/c1-12-8-15-16(6-3-7-17(15)29(21,27)28)26(12)19-24-18(11-23-25-19)22-10-13-4-2-5-14(20)9-13/h2-7,9,11-12H,8,10H2,1H3,(H2,21,27,28)(H,22,24,25). The summed E-state index contributed by atoms with van der Waals surface area (Å²) in [7, 11) is -3.83. The predicted octanol–water partition coefficient (Wildman–Crippen LogP) is 2.35. The molecule has 0 saturated carbocycles. The van der Waals surface area contributed by atoms with Gasteiger partial charge in [0.1, 0.15) is 5.82 Å². The van der Waals surface area contributed by atoms with Gasteiger partial charge in [0, 0.05) is 18.3 Å². The number of fused-ring (bicyclic) bond motifs is 1. The summed E-state index contributed by atoms with van der Waals surface area (Å²) in [6.45, 7) is 2.32. The van der Waals surface area contributed by atoms with Crippen molar-refractivity contribution >= 4 is 27.5 Å². The molecule has 3 N–H and O–H groups in total. The molecule has 0 radical (unpaired) electrons. The number of nitrogens with one attached hydrogen (secondary N) is 1. The highest BCUT2D eigenvalue weighted by molar-refractivity contribution is 7.89. The Balaban J connectivity index is 1.63. The summed E-state index contributed by atoms with van der Waals surface area (Å²) in [5, 5.41) is 16.6. The maximum atomic E-state index is 13.3. The fourth-order valence-electron chi connectivity index (χ4n) is 3.50. The Kier molecular flexibility index (Phi) is 4.89. The summed E-state index contributed by atoms with van der Waals surface area (Å²) in [5.74, 6) is 0.508. The molecule has 1 aromatic heterocycles. The molecule has 150 valence electrons. The normalized spacial score (nSPS) is 16.0. The number of benzene rings is 2. The SMILES string of the molecule is CC1Cc2c(cccc2S(N)(=O)=O)N1c1nncc(NCc2cccc(F)c2)n1. The molecule has 10 heteroatoms. The minimum Gasteiger partial charge on any atom is -0.365 e. The van der Waals surface area contributed by atoms with Crippen LogP contribution in [0.15, 0.2) is 53.6 Å². The van der Waals surface area contributed by atoms with Crippen molar-refractivity contribution in [2.75, 3.05) is 10.2 Å². The van der Waals surface area contributed by atoms with Gasteiger partial charge in [-0.05, 0) is 48.7 Å². The molecule has 0 fully saturated rings. The molecule has 1 unspecified atom stereocenters. The van der Waals surface area contributed by atoms with Crippen molar-refractivity contribution in [1.82, 2.24) is 15.2 Å². The van der Waals surface area contributed by atoms with Crippen LogP contribution in [0, 0.1) is 5.82 Å². The molecule has 1 atom stereocenters. The van der Waals surface area contributed by atoms with Gasteiger partial charge in [0.25, 0.3) is 5.95 Å². The zero-order chi connectivity index (χ0) is 20.6. The van der Waals surface area contributed by atoms with E-state index in [0.717, 1.165) is 5.56 Å². The van der Waals surface area contributed by atoms with Crippen LogP contribution in [0.1, 0.15) is 18.1 Å². The number of aromatic nitrogens is 3. The molecule has 0 saturated heterocycles. The topological polar surface area (TPSA) is 114 Å². The highest BCUT2D eigenvalue weighted by atomic mass is 32.2. The number of nitrogens with zero attached hydrogens (tertiary/aromatic N) is 4. The Bertz CT molecular complexity index is 1170. The van der Waals surface area contributed by atoms with Crippen molar-refractivity contribution in [3.05, 3.63) is 65.6 Å². The zero-order valence-corrected chi connectivity index (χ0v) is 16.4. The van der Waals surface area contributed by atoms with Crippen molar-refractivity contribution in [2.24, 2.45) is 5.14 Å². The Hall–Kier alpha value is -3.11. The van der Waals surface area contributed by atoms with Crippen LogP contribution >= 0.6 is 0 Å². The highest BCUT2D eigenvalue weighted by Gasteiger charge is 2.33. The molecule has 1 aliphatic rings. The van der Waals surface area contributed by atoms with E-state index in [0.29, 0.717) is 36.0 Å².